The molecule has 0 saturated carbocycles. The van der Waals surface area contributed by atoms with Crippen molar-refractivity contribution in [1.29, 1.82) is 0 Å². The minimum Gasteiger partial charge on any atom is -0.435 e. The number of benzene rings is 8. The molecule has 0 aliphatic heterocycles. The lowest BCUT2D eigenvalue weighted by Crippen LogP contribution is -2.00. The molecule has 0 N–H and O–H groups in total. The van der Waals surface area contributed by atoms with E-state index in [4.69, 9.17) is 24.4 Å². The maximum Gasteiger partial charge on any atom is 0.227 e. The van der Waals surface area contributed by atoms with Gasteiger partial charge in [-0.1, -0.05) is 133 Å². The van der Waals surface area contributed by atoms with Gasteiger partial charge in [0.1, 0.15) is 5.52 Å². The summed E-state index contributed by atoms with van der Waals surface area (Å²) >= 11 is 0. The zero-order chi connectivity index (χ0) is 37.0. The summed E-state index contributed by atoms with van der Waals surface area (Å²) in [5.41, 5.74) is 10.8. The van der Waals surface area contributed by atoms with Gasteiger partial charge in [-0.05, 0) is 71.1 Å². The molecule has 6 heteroatoms. The van der Waals surface area contributed by atoms with Crippen LogP contribution in [0.1, 0.15) is 0 Å². The Balaban J connectivity index is 1.13. The van der Waals surface area contributed by atoms with E-state index in [1.54, 1.807) is 0 Å². The van der Waals surface area contributed by atoms with Gasteiger partial charge >= 0.3 is 0 Å². The topological polar surface area (TPSA) is 69.6 Å². The van der Waals surface area contributed by atoms with E-state index in [9.17, 15) is 0 Å². The quantitative estimate of drug-likeness (QED) is 0.171. The summed E-state index contributed by atoms with van der Waals surface area (Å²) in [6.45, 7) is 0. The smallest absolute Gasteiger partial charge is 0.227 e. The molecule has 56 heavy (non-hydrogen) atoms. The number of oxazole rings is 1. The van der Waals surface area contributed by atoms with Crippen molar-refractivity contribution in [3.63, 3.8) is 0 Å². The van der Waals surface area contributed by atoms with E-state index in [0.29, 0.717) is 23.4 Å². The van der Waals surface area contributed by atoms with Crippen molar-refractivity contribution in [3.8, 4) is 62.4 Å². The van der Waals surface area contributed by atoms with Crippen LogP contribution in [-0.2, 0) is 0 Å². The SMILES string of the molecule is c1ccc(-c2nc(-c3ccccc3)nc(-c3cccc(-c4ccc5c(c4)c4c6c(ccc7nc(-c8ccccc8)oc76)ccc4n5-c4ccccc4)c3)n2)cc1. The van der Waals surface area contributed by atoms with E-state index in [2.05, 4.69) is 102 Å². The van der Waals surface area contributed by atoms with Gasteiger partial charge in [0.2, 0.25) is 5.89 Å². The minimum atomic E-state index is 0.610. The van der Waals surface area contributed by atoms with Crippen LogP contribution in [-0.4, -0.2) is 24.5 Å². The summed E-state index contributed by atoms with van der Waals surface area (Å²) in [4.78, 5) is 19.9. The van der Waals surface area contributed by atoms with E-state index < -0.39 is 0 Å². The van der Waals surface area contributed by atoms with E-state index in [-0.39, 0.29) is 0 Å². The predicted molar refractivity (Wildman–Crippen MR) is 226 cm³/mol. The predicted octanol–water partition coefficient (Wildman–Crippen LogP) is 12.6. The maximum atomic E-state index is 6.66. The van der Waals surface area contributed by atoms with Crippen molar-refractivity contribution in [2.75, 3.05) is 0 Å². The molecule has 8 aromatic carbocycles. The van der Waals surface area contributed by atoms with Gasteiger partial charge in [-0.2, -0.15) is 0 Å². The van der Waals surface area contributed by atoms with Gasteiger partial charge in [-0.15, -0.1) is 0 Å². The van der Waals surface area contributed by atoms with Crippen LogP contribution < -0.4 is 0 Å². The lowest BCUT2D eigenvalue weighted by Gasteiger charge is -2.10. The molecular weight excluding hydrogens is 687 g/mol. The molecule has 0 amide bonds. The molecule has 0 spiro atoms. The molecule has 11 rings (SSSR count). The van der Waals surface area contributed by atoms with E-state index in [0.717, 1.165) is 82.7 Å². The molecule has 3 heterocycles. The molecule has 0 aliphatic rings. The molecule has 0 fully saturated rings. The van der Waals surface area contributed by atoms with Crippen LogP contribution >= 0.6 is 0 Å². The molecule has 262 valence electrons. The van der Waals surface area contributed by atoms with Gasteiger partial charge in [-0.25, -0.2) is 19.9 Å². The Kier molecular flexibility index (Phi) is 7.38. The Morgan fingerprint density at radius 1 is 0.375 bits per heavy atom. The number of hydrogen-bond donors (Lipinski definition) is 0. The fourth-order valence-corrected chi connectivity index (χ4v) is 7.82. The van der Waals surface area contributed by atoms with Crippen LogP contribution in [0.15, 0.2) is 192 Å². The van der Waals surface area contributed by atoms with E-state index >= 15 is 0 Å². The van der Waals surface area contributed by atoms with Crippen LogP contribution in [0.25, 0.3) is 106 Å². The summed E-state index contributed by atoms with van der Waals surface area (Å²) in [5, 5.41) is 4.39. The lowest BCUT2D eigenvalue weighted by atomic mass is 9.98. The highest BCUT2D eigenvalue weighted by molar-refractivity contribution is 6.27. The molecule has 3 aromatic heterocycles. The zero-order valence-corrected chi connectivity index (χ0v) is 30.0. The molecular formula is C50H31N5O. The highest BCUT2D eigenvalue weighted by Crippen LogP contribution is 2.42. The standard InChI is InChI=1S/C50H31N5O/c1-5-14-33(15-6-1)47-52-48(34-16-7-2-8-17-34)54-49(53-47)38-21-13-20-36(30-38)37-26-28-42-40(31-37)45-43(55(42)39-22-11-4-12-23-39)29-25-32-24-27-41-46(44(32)45)56-50(51-41)35-18-9-3-10-19-35/h1-31H. The van der Waals surface area contributed by atoms with Crippen LogP contribution in [0, 0.1) is 0 Å². The first-order chi connectivity index (χ1) is 27.7. The Morgan fingerprint density at radius 2 is 0.911 bits per heavy atom. The number of hydrogen-bond acceptors (Lipinski definition) is 5. The van der Waals surface area contributed by atoms with E-state index in [1.165, 1.54) is 0 Å². The zero-order valence-electron chi connectivity index (χ0n) is 30.0. The molecule has 11 aromatic rings. The summed E-state index contributed by atoms with van der Waals surface area (Å²) in [5.74, 6) is 2.50. The maximum absolute atomic E-state index is 6.66. The lowest BCUT2D eigenvalue weighted by molar-refractivity contribution is 0.623. The van der Waals surface area contributed by atoms with Gasteiger partial charge in [0.25, 0.3) is 0 Å². The van der Waals surface area contributed by atoms with Crippen LogP contribution in [0.3, 0.4) is 0 Å². The highest BCUT2D eigenvalue weighted by Gasteiger charge is 2.20. The first kappa shape index (κ1) is 31.8. The van der Waals surface area contributed by atoms with Gasteiger partial charge in [0.15, 0.2) is 23.1 Å². The molecule has 0 atom stereocenters. The van der Waals surface area contributed by atoms with Crippen molar-refractivity contribution in [2.45, 2.75) is 0 Å². The largest absolute Gasteiger partial charge is 0.435 e. The first-order valence-electron chi connectivity index (χ1n) is 18.6. The summed E-state index contributed by atoms with van der Waals surface area (Å²) < 4.78 is 9.01. The van der Waals surface area contributed by atoms with Gasteiger partial charge in [-0.3, -0.25) is 0 Å². The van der Waals surface area contributed by atoms with Gasteiger partial charge in [0, 0.05) is 44.1 Å². The highest BCUT2D eigenvalue weighted by atomic mass is 16.3. The van der Waals surface area contributed by atoms with Crippen molar-refractivity contribution in [3.05, 3.63) is 188 Å². The van der Waals surface area contributed by atoms with Gasteiger partial charge < -0.3 is 8.98 Å². The minimum absolute atomic E-state index is 0.610. The summed E-state index contributed by atoms with van der Waals surface area (Å²) in [7, 11) is 0. The molecule has 0 aliphatic carbocycles. The average Bonchev–Trinajstić information content (AvgIpc) is 3.87. The first-order valence-corrected chi connectivity index (χ1v) is 18.6. The van der Waals surface area contributed by atoms with Gasteiger partial charge in [0.05, 0.1) is 11.0 Å². The molecule has 6 nitrogen and oxygen atoms in total. The second-order valence-corrected chi connectivity index (χ2v) is 13.9. The Hall–Kier alpha value is -7.70. The van der Waals surface area contributed by atoms with Crippen LogP contribution in [0.5, 0.6) is 0 Å². The monoisotopic (exact) mass is 717 g/mol. The molecule has 0 radical (unpaired) electrons. The number of aromatic nitrogens is 5. The van der Waals surface area contributed by atoms with Crippen molar-refractivity contribution in [2.24, 2.45) is 0 Å². The number of fused-ring (bicyclic) bond motifs is 7. The third-order valence-electron chi connectivity index (χ3n) is 10.5. The fourth-order valence-electron chi connectivity index (χ4n) is 7.82. The second-order valence-electron chi connectivity index (χ2n) is 13.9. The van der Waals surface area contributed by atoms with Crippen molar-refractivity contribution >= 4 is 43.7 Å². The number of rotatable bonds is 6. The molecule has 0 saturated heterocycles. The third kappa shape index (κ3) is 5.35. The Bertz CT molecular complexity index is 3170. The van der Waals surface area contributed by atoms with Crippen molar-refractivity contribution in [1.82, 2.24) is 24.5 Å². The summed E-state index contributed by atoms with van der Waals surface area (Å²) in [6.07, 6.45) is 0. The van der Waals surface area contributed by atoms with Crippen LogP contribution in [0.4, 0.5) is 0 Å². The third-order valence-corrected chi connectivity index (χ3v) is 10.5. The Morgan fingerprint density at radius 3 is 1.59 bits per heavy atom. The second kappa shape index (κ2) is 13.0. The fraction of sp³-hybridized carbons (Fsp3) is 0. The molecule has 0 unspecified atom stereocenters. The summed E-state index contributed by atoms with van der Waals surface area (Å²) in [6, 6.07) is 64.6. The number of nitrogens with zero attached hydrogens (tertiary/aromatic N) is 5. The Labute approximate surface area is 322 Å². The average molecular weight is 718 g/mol. The van der Waals surface area contributed by atoms with E-state index in [1.807, 2.05) is 91.0 Å². The van der Waals surface area contributed by atoms with Crippen molar-refractivity contribution < 1.29 is 4.42 Å². The number of para-hydroxylation sites is 1. The normalized spacial score (nSPS) is 11.6. The van der Waals surface area contributed by atoms with Crippen LogP contribution in [0.2, 0.25) is 0 Å². The molecule has 0 bridgehead atoms.